The van der Waals surface area contributed by atoms with Crippen molar-refractivity contribution in [3.05, 3.63) is 96.4 Å². The minimum absolute atomic E-state index is 0.110. The lowest BCUT2D eigenvalue weighted by Crippen LogP contribution is -2.26. The first kappa shape index (κ1) is 21.6. The van der Waals surface area contributed by atoms with Crippen molar-refractivity contribution >= 4 is 40.2 Å². The molecule has 162 valence electrons. The van der Waals surface area contributed by atoms with E-state index in [2.05, 4.69) is 15.2 Å². The SMILES string of the molecule is O=C(CSc1cn(CCNC(=O)c2ccccc2)c2ccccc12)Nc1ccccc1F. The van der Waals surface area contributed by atoms with Crippen molar-refractivity contribution in [2.75, 3.05) is 17.6 Å². The summed E-state index contributed by atoms with van der Waals surface area (Å²) in [4.78, 5) is 25.5. The Morgan fingerprint density at radius 2 is 1.62 bits per heavy atom. The van der Waals surface area contributed by atoms with Gasteiger partial charge in [-0.2, -0.15) is 0 Å². The Balaban J connectivity index is 1.39. The Bertz CT molecular complexity index is 1240. The largest absolute Gasteiger partial charge is 0.350 e. The third kappa shape index (κ3) is 5.18. The molecule has 2 amide bonds. The van der Waals surface area contributed by atoms with Crippen molar-refractivity contribution < 1.29 is 14.0 Å². The molecule has 1 heterocycles. The quantitative estimate of drug-likeness (QED) is 0.376. The number of carbonyl (C=O) groups is 2. The highest BCUT2D eigenvalue weighted by atomic mass is 32.2. The van der Waals surface area contributed by atoms with Gasteiger partial charge in [-0.3, -0.25) is 9.59 Å². The van der Waals surface area contributed by atoms with Gasteiger partial charge in [-0.25, -0.2) is 4.39 Å². The maximum Gasteiger partial charge on any atom is 0.251 e. The van der Waals surface area contributed by atoms with Crippen LogP contribution in [-0.2, 0) is 11.3 Å². The first-order chi connectivity index (χ1) is 15.6. The molecule has 2 N–H and O–H groups in total. The van der Waals surface area contributed by atoms with Crippen molar-refractivity contribution in [1.82, 2.24) is 9.88 Å². The molecule has 0 spiro atoms. The molecule has 0 unspecified atom stereocenters. The molecular formula is C25H22FN3O2S. The minimum atomic E-state index is -0.458. The summed E-state index contributed by atoms with van der Waals surface area (Å²) in [6.07, 6.45) is 1.99. The number of halogens is 1. The van der Waals surface area contributed by atoms with Crippen LogP contribution in [0.1, 0.15) is 10.4 Å². The predicted molar refractivity (Wildman–Crippen MR) is 126 cm³/mol. The second kappa shape index (κ2) is 10.2. The van der Waals surface area contributed by atoms with E-state index >= 15 is 0 Å². The van der Waals surface area contributed by atoms with E-state index in [4.69, 9.17) is 0 Å². The standard InChI is InChI=1S/C25H22FN3O2S/c26-20-11-5-6-12-21(20)28-24(30)17-32-23-16-29(22-13-7-4-10-19(22)23)15-14-27-25(31)18-8-2-1-3-9-18/h1-13,16H,14-15,17H2,(H,27,31)(H,28,30). The zero-order valence-electron chi connectivity index (χ0n) is 17.3. The molecule has 0 aliphatic rings. The van der Waals surface area contributed by atoms with Gasteiger partial charge in [-0.15, -0.1) is 11.8 Å². The lowest BCUT2D eigenvalue weighted by molar-refractivity contribution is -0.113. The van der Waals surface area contributed by atoms with Gasteiger partial charge in [-0.05, 0) is 30.3 Å². The summed E-state index contributed by atoms with van der Waals surface area (Å²) in [5, 5.41) is 6.58. The second-order valence-corrected chi connectivity index (χ2v) is 8.16. The molecule has 32 heavy (non-hydrogen) atoms. The van der Waals surface area contributed by atoms with E-state index in [-0.39, 0.29) is 23.3 Å². The maximum absolute atomic E-state index is 13.8. The van der Waals surface area contributed by atoms with Gasteiger partial charge in [0.15, 0.2) is 0 Å². The smallest absolute Gasteiger partial charge is 0.251 e. The fourth-order valence-corrected chi connectivity index (χ4v) is 4.28. The summed E-state index contributed by atoms with van der Waals surface area (Å²) in [6.45, 7) is 1.07. The van der Waals surface area contributed by atoms with Crippen LogP contribution >= 0.6 is 11.8 Å². The molecule has 4 rings (SSSR count). The normalized spacial score (nSPS) is 10.8. The number of anilines is 1. The molecule has 5 nitrogen and oxygen atoms in total. The molecule has 0 aliphatic carbocycles. The van der Waals surface area contributed by atoms with Crippen molar-refractivity contribution in [3.63, 3.8) is 0 Å². The topological polar surface area (TPSA) is 63.1 Å². The van der Waals surface area contributed by atoms with Crippen LogP contribution in [0.2, 0.25) is 0 Å². The lowest BCUT2D eigenvalue weighted by atomic mass is 10.2. The van der Waals surface area contributed by atoms with Crippen LogP contribution in [-0.4, -0.2) is 28.7 Å². The Kier molecular flexibility index (Phi) is 6.87. The van der Waals surface area contributed by atoms with Crippen LogP contribution in [0.25, 0.3) is 10.9 Å². The molecular weight excluding hydrogens is 425 g/mol. The van der Waals surface area contributed by atoms with Crippen LogP contribution in [0, 0.1) is 5.82 Å². The molecule has 1 aromatic heterocycles. The van der Waals surface area contributed by atoms with E-state index in [1.807, 2.05) is 48.7 Å². The zero-order valence-corrected chi connectivity index (χ0v) is 18.1. The molecule has 0 saturated carbocycles. The number of fused-ring (bicyclic) bond motifs is 1. The number of nitrogens with one attached hydrogen (secondary N) is 2. The highest BCUT2D eigenvalue weighted by molar-refractivity contribution is 8.00. The number of aromatic nitrogens is 1. The Morgan fingerprint density at radius 3 is 2.44 bits per heavy atom. The number of para-hydroxylation sites is 2. The molecule has 0 fully saturated rings. The molecule has 0 atom stereocenters. The zero-order chi connectivity index (χ0) is 22.3. The Hall–Kier alpha value is -3.58. The van der Waals surface area contributed by atoms with Gasteiger partial charge in [0.2, 0.25) is 5.91 Å². The van der Waals surface area contributed by atoms with E-state index in [0.29, 0.717) is 18.7 Å². The van der Waals surface area contributed by atoms with Gasteiger partial charge in [0.05, 0.1) is 11.4 Å². The first-order valence-electron chi connectivity index (χ1n) is 10.2. The average molecular weight is 448 g/mol. The predicted octanol–water partition coefficient (Wildman–Crippen LogP) is 4.94. The molecule has 0 bridgehead atoms. The number of benzene rings is 3. The number of hydrogen-bond acceptors (Lipinski definition) is 3. The van der Waals surface area contributed by atoms with Crippen LogP contribution in [0.5, 0.6) is 0 Å². The summed E-state index contributed by atoms with van der Waals surface area (Å²) in [5.74, 6) is -0.680. The first-order valence-corrected chi connectivity index (χ1v) is 11.2. The number of thioether (sulfide) groups is 1. The Labute approximate surface area is 189 Å². The van der Waals surface area contributed by atoms with Gasteiger partial charge in [-0.1, -0.05) is 48.5 Å². The number of amides is 2. The third-order valence-electron chi connectivity index (χ3n) is 4.93. The molecule has 0 radical (unpaired) electrons. The fraction of sp³-hybridized carbons (Fsp3) is 0.120. The highest BCUT2D eigenvalue weighted by Gasteiger charge is 2.12. The summed E-state index contributed by atoms with van der Waals surface area (Å²) in [6, 6.07) is 23.1. The summed E-state index contributed by atoms with van der Waals surface area (Å²) in [7, 11) is 0. The van der Waals surface area contributed by atoms with Crippen molar-refractivity contribution in [1.29, 1.82) is 0 Å². The van der Waals surface area contributed by atoms with Crippen LogP contribution in [0.15, 0.2) is 90.0 Å². The number of hydrogen-bond donors (Lipinski definition) is 2. The van der Waals surface area contributed by atoms with Crippen LogP contribution < -0.4 is 10.6 Å². The maximum atomic E-state index is 13.8. The molecule has 3 aromatic carbocycles. The van der Waals surface area contributed by atoms with Gasteiger partial charge in [0, 0.05) is 40.6 Å². The van der Waals surface area contributed by atoms with Gasteiger partial charge in [0.25, 0.3) is 5.91 Å². The molecule has 0 aliphatic heterocycles. The van der Waals surface area contributed by atoms with Crippen LogP contribution in [0.4, 0.5) is 10.1 Å². The van der Waals surface area contributed by atoms with Crippen molar-refractivity contribution in [2.24, 2.45) is 0 Å². The van der Waals surface area contributed by atoms with Gasteiger partial charge < -0.3 is 15.2 Å². The summed E-state index contributed by atoms with van der Waals surface area (Å²) < 4.78 is 15.8. The van der Waals surface area contributed by atoms with E-state index in [9.17, 15) is 14.0 Å². The fourth-order valence-electron chi connectivity index (χ4n) is 3.39. The number of carbonyl (C=O) groups excluding carboxylic acids is 2. The molecule has 0 saturated heterocycles. The monoisotopic (exact) mass is 447 g/mol. The Morgan fingerprint density at radius 1 is 0.906 bits per heavy atom. The summed E-state index contributed by atoms with van der Waals surface area (Å²) >= 11 is 1.40. The van der Waals surface area contributed by atoms with E-state index in [1.165, 1.54) is 23.9 Å². The number of rotatable bonds is 8. The van der Waals surface area contributed by atoms with Crippen molar-refractivity contribution in [3.8, 4) is 0 Å². The summed E-state index contributed by atoms with van der Waals surface area (Å²) in [5.41, 5.74) is 1.83. The van der Waals surface area contributed by atoms with Crippen LogP contribution in [0.3, 0.4) is 0 Å². The average Bonchev–Trinajstić information content (AvgIpc) is 3.17. The highest BCUT2D eigenvalue weighted by Crippen LogP contribution is 2.30. The van der Waals surface area contributed by atoms with Crippen molar-refractivity contribution in [2.45, 2.75) is 11.4 Å². The third-order valence-corrected chi connectivity index (χ3v) is 5.98. The van der Waals surface area contributed by atoms with E-state index in [0.717, 1.165) is 15.8 Å². The second-order valence-electron chi connectivity index (χ2n) is 7.14. The molecule has 7 heteroatoms. The minimum Gasteiger partial charge on any atom is -0.350 e. The lowest BCUT2D eigenvalue weighted by Gasteiger charge is -2.07. The van der Waals surface area contributed by atoms with Gasteiger partial charge in [0.1, 0.15) is 5.82 Å². The van der Waals surface area contributed by atoms with E-state index in [1.54, 1.807) is 24.3 Å². The van der Waals surface area contributed by atoms with E-state index < -0.39 is 5.82 Å². The molecule has 4 aromatic rings. The van der Waals surface area contributed by atoms with Gasteiger partial charge >= 0.3 is 0 Å². The number of nitrogens with zero attached hydrogens (tertiary/aromatic N) is 1.